The van der Waals surface area contributed by atoms with Crippen molar-refractivity contribution in [3.05, 3.63) is 39.8 Å². The van der Waals surface area contributed by atoms with E-state index in [0.29, 0.717) is 44.0 Å². The van der Waals surface area contributed by atoms with Gasteiger partial charge in [-0.15, -0.1) is 11.3 Å². The zero-order valence-corrected chi connectivity index (χ0v) is 19.8. The van der Waals surface area contributed by atoms with Crippen molar-refractivity contribution in [1.82, 2.24) is 14.2 Å². The third-order valence-electron chi connectivity index (χ3n) is 5.94. The minimum absolute atomic E-state index is 0.0267. The SMILES string of the molecule is CCc1nc(CN(C)CC(=O)N2CCc3cc(S(=O)(=O)N4CCCCC4)ccc32)cs1. The maximum absolute atomic E-state index is 13.0. The molecule has 1 aromatic carbocycles. The topological polar surface area (TPSA) is 73.8 Å². The molecule has 0 aliphatic carbocycles. The van der Waals surface area contributed by atoms with E-state index in [4.69, 9.17) is 0 Å². The van der Waals surface area contributed by atoms with Crippen LogP contribution in [0.2, 0.25) is 0 Å². The minimum atomic E-state index is -3.46. The van der Waals surface area contributed by atoms with E-state index in [9.17, 15) is 13.2 Å². The van der Waals surface area contributed by atoms with Gasteiger partial charge < -0.3 is 4.90 Å². The summed E-state index contributed by atoms with van der Waals surface area (Å²) in [6.45, 7) is 4.79. The number of anilines is 1. The van der Waals surface area contributed by atoms with Crippen LogP contribution in [-0.2, 0) is 34.2 Å². The second-order valence-corrected chi connectivity index (χ2v) is 11.2. The Balaban J connectivity index is 1.42. The molecule has 0 bridgehead atoms. The molecule has 2 aromatic rings. The number of rotatable bonds is 7. The van der Waals surface area contributed by atoms with E-state index in [-0.39, 0.29) is 5.91 Å². The smallest absolute Gasteiger partial charge is 0.243 e. The first kappa shape index (κ1) is 22.4. The Morgan fingerprint density at radius 2 is 1.97 bits per heavy atom. The number of aryl methyl sites for hydroxylation is 1. The minimum Gasteiger partial charge on any atom is -0.311 e. The maximum atomic E-state index is 13.0. The summed E-state index contributed by atoms with van der Waals surface area (Å²) in [6.07, 6.45) is 4.53. The van der Waals surface area contributed by atoms with Crippen molar-refractivity contribution in [3.63, 3.8) is 0 Å². The predicted molar refractivity (Wildman–Crippen MR) is 123 cm³/mol. The molecule has 0 unspecified atom stereocenters. The number of carbonyl (C=O) groups excluding carboxylic acids is 1. The number of carbonyl (C=O) groups is 1. The van der Waals surface area contributed by atoms with E-state index in [1.165, 1.54) is 0 Å². The van der Waals surface area contributed by atoms with E-state index in [0.717, 1.165) is 47.6 Å². The Morgan fingerprint density at radius 3 is 2.68 bits per heavy atom. The van der Waals surface area contributed by atoms with Crippen LogP contribution in [0.25, 0.3) is 0 Å². The summed E-state index contributed by atoms with van der Waals surface area (Å²) in [5.74, 6) is 0.0267. The summed E-state index contributed by atoms with van der Waals surface area (Å²) in [5.41, 5.74) is 2.76. The van der Waals surface area contributed by atoms with Crippen molar-refractivity contribution in [3.8, 4) is 0 Å². The molecule has 0 atom stereocenters. The first-order chi connectivity index (χ1) is 14.9. The molecule has 0 radical (unpaired) electrons. The van der Waals surface area contributed by atoms with Crippen molar-refractivity contribution in [2.45, 2.75) is 50.5 Å². The average Bonchev–Trinajstić information content (AvgIpc) is 3.40. The maximum Gasteiger partial charge on any atom is 0.243 e. The van der Waals surface area contributed by atoms with Gasteiger partial charge in [0, 0.05) is 37.2 Å². The molecule has 0 spiro atoms. The van der Waals surface area contributed by atoms with E-state index in [1.54, 1.807) is 38.7 Å². The highest BCUT2D eigenvalue weighted by molar-refractivity contribution is 7.89. The molecule has 4 rings (SSSR count). The Hall–Kier alpha value is -1.81. The largest absolute Gasteiger partial charge is 0.311 e. The number of thiazole rings is 1. The van der Waals surface area contributed by atoms with E-state index in [1.807, 2.05) is 11.9 Å². The van der Waals surface area contributed by atoms with E-state index in [2.05, 4.69) is 17.3 Å². The van der Waals surface area contributed by atoms with Crippen LogP contribution in [0.15, 0.2) is 28.5 Å². The zero-order valence-electron chi connectivity index (χ0n) is 18.2. The Morgan fingerprint density at radius 1 is 1.19 bits per heavy atom. The molecule has 7 nitrogen and oxygen atoms in total. The van der Waals surface area contributed by atoms with Gasteiger partial charge in [-0.1, -0.05) is 13.3 Å². The lowest BCUT2D eigenvalue weighted by Gasteiger charge is -2.26. The van der Waals surface area contributed by atoms with Gasteiger partial charge in [0.15, 0.2) is 0 Å². The number of benzene rings is 1. The first-order valence-corrected chi connectivity index (χ1v) is 13.3. The predicted octanol–water partition coefficient (Wildman–Crippen LogP) is 2.90. The lowest BCUT2D eigenvalue weighted by Crippen LogP contribution is -2.38. The average molecular weight is 463 g/mol. The van der Waals surface area contributed by atoms with E-state index < -0.39 is 10.0 Å². The second kappa shape index (κ2) is 9.36. The molecule has 0 N–H and O–H groups in total. The third kappa shape index (κ3) is 4.84. The standard InChI is InChI=1S/C22H30N4O3S2/c1-3-21-23-18(16-30-21)14-24(2)15-22(27)26-12-9-17-13-19(7-8-20(17)26)31(28,29)25-10-5-4-6-11-25/h7-8,13,16H,3-6,9-12,14-15H2,1-2H3. The molecule has 3 heterocycles. The summed E-state index contributed by atoms with van der Waals surface area (Å²) in [6, 6.07) is 5.21. The van der Waals surface area contributed by atoms with Gasteiger partial charge in [0.05, 0.1) is 22.1 Å². The van der Waals surface area contributed by atoms with Gasteiger partial charge in [-0.05, 0) is 56.5 Å². The van der Waals surface area contributed by atoms with Gasteiger partial charge in [0.25, 0.3) is 0 Å². The van der Waals surface area contributed by atoms with Gasteiger partial charge in [-0.25, -0.2) is 13.4 Å². The molecule has 31 heavy (non-hydrogen) atoms. The summed E-state index contributed by atoms with van der Waals surface area (Å²) in [4.78, 5) is 21.6. The highest BCUT2D eigenvalue weighted by Gasteiger charge is 2.30. The van der Waals surface area contributed by atoms with Gasteiger partial charge in [0.1, 0.15) is 0 Å². The number of piperidine rings is 1. The van der Waals surface area contributed by atoms with Crippen molar-refractivity contribution in [2.75, 3.05) is 38.1 Å². The molecule has 0 saturated carbocycles. The lowest BCUT2D eigenvalue weighted by molar-refractivity contribution is -0.119. The van der Waals surface area contributed by atoms with Crippen LogP contribution >= 0.6 is 11.3 Å². The first-order valence-electron chi connectivity index (χ1n) is 10.9. The Kier molecular flexibility index (Phi) is 6.76. The molecule has 168 valence electrons. The summed E-state index contributed by atoms with van der Waals surface area (Å²) >= 11 is 1.65. The van der Waals surface area contributed by atoms with Gasteiger partial charge >= 0.3 is 0 Å². The van der Waals surface area contributed by atoms with Gasteiger partial charge in [0.2, 0.25) is 15.9 Å². The van der Waals surface area contributed by atoms with Crippen LogP contribution < -0.4 is 4.90 Å². The Bertz CT molecular complexity index is 1040. The number of nitrogens with zero attached hydrogens (tertiary/aromatic N) is 4. The van der Waals surface area contributed by atoms with Crippen molar-refractivity contribution < 1.29 is 13.2 Å². The number of hydrogen-bond acceptors (Lipinski definition) is 6. The van der Waals surface area contributed by atoms with Crippen LogP contribution in [-0.4, -0.2) is 61.7 Å². The summed E-state index contributed by atoms with van der Waals surface area (Å²) in [5, 5.41) is 3.16. The fourth-order valence-electron chi connectivity index (χ4n) is 4.28. The van der Waals surface area contributed by atoms with Crippen LogP contribution in [0.5, 0.6) is 0 Å². The van der Waals surface area contributed by atoms with Gasteiger partial charge in [-0.3, -0.25) is 9.69 Å². The molecular weight excluding hydrogens is 432 g/mol. The number of amides is 1. The number of aromatic nitrogens is 1. The van der Waals surface area contributed by atoms with Crippen LogP contribution in [0.3, 0.4) is 0 Å². The lowest BCUT2D eigenvalue weighted by atomic mass is 10.2. The van der Waals surface area contributed by atoms with Crippen molar-refractivity contribution in [1.29, 1.82) is 0 Å². The van der Waals surface area contributed by atoms with Crippen LogP contribution in [0, 0.1) is 0 Å². The molecule has 1 fully saturated rings. The highest BCUT2D eigenvalue weighted by Crippen LogP contribution is 2.32. The number of fused-ring (bicyclic) bond motifs is 1. The van der Waals surface area contributed by atoms with Crippen LogP contribution in [0.4, 0.5) is 5.69 Å². The number of likely N-dealkylation sites (N-methyl/N-ethyl adjacent to an activating group) is 1. The monoisotopic (exact) mass is 462 g/mol. The molecule has 2 aliphatic heterocycles. The van der Waals surface area contributed by atoms with Gasteiger partial charge in [-0.2, -0.15) is 4.31 Å². The second-order valence-electron chi connectivity index (χ2n) is 8.31. The normalized spacial score (nSPS) is 17.3. The summed E-state index contributed by atoms with van der Waals surface area (Å²) < 4.78 is 27.5. The molecule has 2 aliphatic rings. The zero-order chi connectivity index (χ0) is 22.0. The molecule has 9 heteroatoms. The van der Waals surface area contributed by atoms with Crippen LogP contribution in [0.1, 0.15) is 42.5 Å². The van der Waals surface area contributed by atoms with Crippen molar-refractivity contribution in [2.24, 2.45) is 0 Å². The molecule has 1 aromatic heterocycles. The molecule has 1 amide bonds. The number of hydrogen-bond donors (Lipinski definition) is 0. The number of sulfonamides is 1. The quantitative estimate of drug-likeness (QED) is 0.633. The highest BCUT2D eigenvalue weighted by atomic mass is 32.2. The summed E-state index contributed by atoms with van der Waals surface area (Å²) in [7, 11) is -1.53. The fourth-order valence-corrected chi connectivity index (χ4v) is 6.59. The molecular formula is C22H30N4O3S2. The molecule has 1 saturated heterocycles. The van der Waals surface area contributed by atoms with E-state index >= 15 is 0 Å². The fraction of sp³-hybridized carbons (Fsp3) is 0.545. The third-order valence-corrected chi connectivity index (χ3v) is 8.88. The Labute approximate surface area is 188 Å². The van der Waals surface area contributed by atoms with Crippen molar-refractivity contribution >= 4 is 33.0 Å².